The van der Waals surface area contributed by atoms with Crippen LogP contribution in [-0.4, -0.2) is 9.79 Å². The normalized spacial score (nSPS) is 10.4. The molecule has 2 N–H and O–H groups in total. The molecule has 0 aliphatic heterocycles. The van der Waals surface area contributed by atoms with Gasteiger partial charge in [0.25, 0.3) is 0 Å². The van der Waals surface area contributed by atoms with E-state index in [1.54, 1.807) is 24.3 Å². The molecule has 0 saturated heterocycles. The van der Waals surface area contributed by atoms with Crippen LogP contribution in [-0.2, 0) is 0 Å². The van der Waals surface area contributed by atoms with Crippen molar-refractivity contribution in [2.24, 2.45) is 0 Å². The van der Waals surface area contributed by atoms with Crippen molar-refractivity contribution < 1.29 is 9.79 Å². The second-order valence-corrected chi connectivity index (χ2v) is 2.53. The van der Waals surface area contributed by atoms with Gasteiger partial charge in [0, 0.05) is 0 Å². The lowest BCUT2D eigenvalue weighted by molar-refractivity contribution is 0.497. The fourth-order valence-electron chi connectivity index (χ4n) is 0.497. The first-order valence-corrected chi connectivity index (χ1v) is 3.45. The van der Waals surface area contributed by atoms with Crippen LogP contribution in [0, 0.1) is 0 Å². The molecular weight excluding hydrogens is 123 g/mol. The molecule has 0 unspecified atom stereocenters. The zero-order chi connectivity index (χ0) is 5.98. The van der Waals surface area contributed by atoms with Gasteiger partial charge in [-0.15, -0.1) is 0 Å². The minimum absolute atomic E-state index is 0.611. The van der Waals surface area contributed by atoms with Gasteiger partial charge in [-0.25, -0.2) is 12.1 Å². The van der Waals surface area contributed by atoms with E-state index >= 15 is 0 Å². The molecule has 1 rings (SSSR count). The van der Waals surface area contributed by atoms with Crippen LogP contribution in [0.1, 0.15) is 0 Å². The number of hydrogen-bond donors (Lipinski definition) is 2. The average molecular weight is 129 g/mol. The zero-order valence-corrected chi connectivity index (χ0v) is 5.05. The first-order valence-electron chi connectivity index (χ1n) is 2.20. The van der Waals surface area contributed by atoms with Gasteiger partial charge in [-0.05, 0) is 0 Å². The summed E-state index contributed by atoms with van der Waals surface area (Å²) in [6.45, 7) is 0. The van der Waals surface area contributed by atoms with Crippen molar-refractivity contribution in [3.8, 4) is 0 Å². The topological polar surface area (TPSA) is 40.5 Å². The van der Waals surface area contributed by atoms with Gasteiger partial charge in [0.05, 0.1) is 0 Å². The van der Waals surface area contributed by atoms with Crippen molar-refractivity contribution in [3.63, 3.8) is 0 Å². The quantitative estimate of drug-likeness (QED) is 0.423. The van der Waals surface area contributed by atoms with Crippen molar-refractivity contribution >= 4 is 13.7 Å². The summed E-state index contributed by atoms with van der Waals surface area (Å²) in [7, 11) is -1.86. The van der Waals surface area contributed by atoms with E-state index in [-0.39, 0.29) is 0 Å². The lowest BCUT2D eigenvalue weighted by Crippen LogP contribution is -1.91. The largest absolute Gasteiger partial charge is 0.348 e. The third-order valence-electron chi connectivity index (χ3n) is 0.876. The maximum atomic E-state index is 8.53. The molecule has 0 fully saturated rings. The van der Waals surface area contributed by atoms with Crippen LogP contribution < -0.4 is 5.30 Å². The summed E-state index contributed by atoms with van der Waals surface area (Å²) in [6, 6.07) is 6.92. The van der Waals surface area contributed by atoms with E-state index in [2.05, 4.69) is 0 Å². The minimum atomic E-state index is -1.86. The fourth-order valence-corrected chi connectivity index (χ4v) is 0.936. The smallest absolute Gasteiger partial charge is 0.172 e. The van der Waals surface area contributed by atoms with Crippen molar-refractivity contribution in [3.05, 3.63) is 24.3 Å². The molecule has 2 nitrogen and oxygen atoms in total. The molecule has 3 heteroatoms. The molecule has 0 heterocycles. The second-order valence-electron chi connectivity index (χ2n) is 1.43. The Morgan fingerprint density at radius 1 is 1.50 bits per heavy atom. The van der Waals surface area contributed by atoms with E-state index in [9.17, 15) is 0 Å². The Kier molecular flexibility index (Phi) is 1.69. The molecule has 0 atom stereocenters. The van der Waals surface area contributed by atoms with Crippen molar-refractivity contribution in [1.29, 1.82) is 0 Å². The van der Waals surface area contributed by atoms with Crippen LogP contribution in [0.3, 0.4) is 0 Å². The van der Waals surface area contributed by atoms with Crippen LogP contribution in [0.25, 0.3) is 0 Å². The Balaban J connectivity index is 2.77. The summed E-state index contributed by atoms with van der Waals surface area (Å²) in [6.07, 6.45) is 0. The van der Waals surface area contributed by atoms with Crippen LogP contribution in [0.5, 0.6) is 0 Å². The summed E-state index contributed by atoms with van der Waals surface area (Å²) < 4.78 is 0. The van der Waals surface area contributed by atoms with E-state index in [0.29, 0.717) is 5.30 Å². The van der Waals surface area contributed by atoms with Crippen molar-refractivity contribution in [1.82, 2.24) is 0 Å². The van der Waals surface area contributed by atoms with Gasteiger partial charge in [-0.1, -0.05) is 5.30 Å². The van der Waals surface area contributed by atoms with Gasteiger partial charge >= 0.3 is 0 Å². The highest BCUT2D eigenvalue weighted by Crippen LogP contribution is 2.21. The molecule has 0 aliphatic rings. The third-order valence-corrected chi connectivity index (χ3v) is 1.64. The highest BCUT2D eigenvalue weighted by molar-refractivity contribution is 7.54. The predicted molar refractivity (Wildman–Crippen MR) is 33.0 cm³/mol. The number of rotatable bonds is 1. The highest BCUT2D eigenvalue weighted by Gasteiger charge is 1.92. The highest BCUT2D eigenvalue weighted by atomic mass is 31.2. The Morgan fingerprint density at radius 3 is 2.50 bits per heavy atom. The molecule has 44 valence electrons. The maximum absolute atomic E-state index is 8.53. The van der Waals surface area contributed by atoms with Gasteiger partial charge in [0.1, 0.15) is 0 Å². The van der Waals surface area contributed by atoms with Gasteiger partial charge in [-0.2, -0.15) is 12.1 Å². The van der Waals surface area contributed by atoms with Gasteiger partial charge < -0.3 is 9.79 Å². The standard InChI is InChI=1S/C5H6O2P/c6-8(7)5-3-1-2-4-5/h1-4,6-7H/q-1. The van der Waals surface area contributed by atoms with Crippen LogP contribution in [0.4, 0.5) is 0 Å². The molecule has 1 aromatic rings. The SMILES string of the molecule is OP(O)c1ccc[cH-]1. The Bertz CT molecular complexity index is 145. The molecule has 8 heavy (non-hydrogen) atoms. The zero-order valence-electron chi connectivity index (χ0n) is 4.15. The van der Waals surface area contributed by atoms with E-state index in [0.717, 1.165) is 0 Å². The summed E-state index contributed by atoms with van der Waals surface area (Å²) in [5.74, 6) is 0. The summed E-state index contributed by atoms with van der Waals surface area (Å²) in [4.78, 5) is 17.1. The monoisotopic (exact) mass is 129 g/mol. The van der Waals surface area contributed by atoms with Crippen molar-refractivity contribution in [2.75, 3.05) is 0 Å². The van der Waals surface area contributed by atoms with E-state index in [1.807, 2.05) is 0 Å². The predicted octanol–water partition coefficient (Wildman–Crippen LogP) is 0.327. The third kappa shape index (κ3) is 1.10. The second kappa shape index (κ2) is 2.31. The van der Waals surface area contributed by atoms with Crippen molar-refractivity contribution in [2.45, 2.75) is 0 Å². The molecule has 0 radical (unpaired) electrons. The van der Waals surface area contributed by atoms with Gasteiger partial charge in [-0.3, -0.25) is 0 Å². The molecule has 1 aromatic carbocycles. The van der Waals surface area contributed by atoms with Crippen LogP contribution in [0.2, 0.25) is 0 Å². The Morgan fingerprint density at radius 2 is 2.25 bits per heavy atom. The molecular formula is C5H6O2P-. The molecule has 0 bridgehead atoms. The molecule has 0 spiro atoms. The summed E-state index contributed by atoms with van der Waals surface area (Å²) >= 11 is 0. The Labute approximate surface area is 48.7 Å². The van der Waals surface area contributed by atoms with Crippen LogP contribution >= 0.6 is 8.38 Å². The first-order chi connectivity index (χ1) is 3.80. The lowest BCUT2D eigenvalue weighted by Gasteiger charge is -1.99. The molecule has 0 saturated carbocycles. The van der Waals surface area contributed by atoms with E-state index in [4.69, 9.17) is 9.79 Å². The average Bonchev–Trinajstić information content (AvgIpc) is 2.12. The van der Waals surface area contributed by atoms with E-state index < -0.39 is 8.38 Å². The number of hydrogen-bond acceptors (Lipinski definition) is 2. The molecule has 0 aromatic heterocycles. The van der Waals surface area contributed by atoms with Crippen LogP contribution in [0.15, 0.2) is 24.3 Å². The summed E-state index contributed by atoms with van der Waals surface area (Å²) in [5.41, 5.74) is 0. The molecule has 0 aliphatic carbocycles. The van der Waals surface area contributed by atoms with Gasteiger partial charge in [0.15, 0.2) is 8.38 Å². The lowest BCUT2D eigenvalue weighted by atomic mass is 10.7. The van der Waals surface area contributed by atoms with E-state index in [1.165, 1.54) is 0 Å². The first kappa shape index (κ1) is 5.83. The summed E-state index contributed by atoms with van der Waals surface area (Å²) in [5, 5.41) is 0.611. The Hall–Kier alpha value is -0.300. The van der Waals surface area contributed by atoms with Gasteiger partial charge in [0.2, 0.25) is 0 Å². The molecule has 0 amide bonds. The fraction of sp³-hybridized carbons (Fsp3) is 0. The maximum Gasteiger partial charge on any atom is 0.172 e. The minimum Gasteiger partial charge on any atom is -0.348 e.